The fourth-order valence-electron chi connectivity index (χ4n) is 2.45. The number of hydrogen-bond acceptors (Lipinski definition) is 5. The lowest BCUT2D eigenvalue weighted by Crippen LogP contribution is -2.39. The van der Waals surface area contributed by atoms with Gasteiger partial charge in [0.15, 0.2) is 6.61 Å². The SMILES string of the molecule is Cc1cc(C(=O)COC(=O)c2ccc(CNC(=O)NC(C)C)cc2)c(C)s1. The van der Waals surface area contributed by atoms with E-state index in [1.165, 1.54) is 0 Å². The van der Waals surface area contributed by atoms with Crippen molar-refractivity contribution in [2.75, 3.05) is 6.61 Å². The highest BCUT2D eigenvalue weighted by Gasteiger charge is 2.15. The van der Waals surface area contributed by atoms with Gasteiger partial charge in [-0.15, -0.1) is 11.3 Å². The minimum atomic E-state index is -0.551. The van der Waals surface area contributed by atoms with Gasteiger partial charge in [0.2, 0.25) is 5.78 Å². The number of urea groups is 1. The largest absolute Gasteiger partial charge is 0.454 e. The number of esters is 1. The second kappa shape index (κ2) is 9.32. The molecular weight excluding hydrogens is 364 g/mol. The van der Waals surface area contributed by atoms with E-state index in [0.717, 1.165) is 15.3 Å². The van der Waals surface area contributed by atoms with Crippen LogP contribution >= 0.6 is 11.3 Å². The Hall–Kier alpha value is -2.67. The molecule has 0 aliphatic rings. The second-order valence-electron chi connectivity index (χ2n) is 6.50. The average Bonchev–Trinajstić information content (AvgIpc) is 2.96. The number of benzene rings is 1. The predicted octanol–water partition coefficient (Wildman–Crippen LogP) is 3.61. The molecule has 0 saturated carbocycles. The van der Waals surface area contributed by atoms with E-state index < -0.39 is 5.97 Å². The molecule has 7 heteroatoms. The maximum Gasteiger partial charge on any atom is 0.338 e. The third-order valence-corrected chi connectivity index (χ3v) is 4.70. The van der Waals surface area contributed by atoms with Gasteiger partial charge in [-0.05, 0) is 51.5 Å². The second-order valence-corrected chi connectivity index (χ2v) is 7.97. The number of carbonyl (C=O) groups is 3. The maximum absolute atomic E-state index is 12.2. The van der Waals surface area contributed by atoms with Gasteiger partial charge >= 0.3 is 12.0 Å². The number of thiophene rings is 1. The van der Waals surface area contributed by atoms with Crippen LogP contribution in [0.15, 0.2) is 30.3 Å². The Morgan fingerprint density at radius 3 is 2.33 bits per heavy atom. The number of amides is 2. The lowest BCUT2D eigenvalue weighted by Gasteiger charge is -2.10. The van der Waals surface area contributed by atoms with Crippen LogP contribution in [0, 0.1) is 13.8 Å². The first kappa shape index (κ1) is 20.6. The Kier molecular flexibility index (Phi) is 7.12. The normalized spacial score (nSPS) is 10.6. The summed E-state index contributed by atoms with van der Waals surface area (Å²) in [5, 5.41) is 5.47. The fraction of sp³-hybridized carbons (Fsp3) is 0.350. The van der Waals surface area contributed by atoms with Gasteiger partial charge in [-0.3, -0.25) is 4.79 Å². The molecule has 144 valence electrons. The number of aryl methyl sites for hydroxylation is 2. The summed E-state index contributed by atoms with van der Waals surface area (Å²) < 4.78 is 5.13. The molecule has 6 nitrogen and oxygen atoms in total. The summed E-state index contributed by atoms with van der Waals surface area (Å²) in [6.07, 6.45) is 0. The van der Waals surface area contributed by atoms with Crippen LogP contribution in [0.1, 0.15) is 49.9 Å². The molecule has 0 aliphatic heterocycles. The Morgan fingerprint density at radius 2 is 1.78 bits per heavy atom. The molecule has 0 saturated heterocycles. The van der Waals surface area contributed by atoms with Crippen LogP contribution in [-0.4, -0.2) is 30.4 Å². The highest BCUT2D eigenvalue weighted by Crippen LogP contribution is 2.21. The number of nitrogens with one attached hydrogen (secondary N) is 2. The number of rotatable bonds is 7. The highest BCUT2D eigenvalue weighted by molar-refractivity contribution is 7.12. The van der Waals surface area contributed by atoms with Gasteiger partial charge in [-0.25, -0.2) is 9.59 Å². The van der Waals surface area contributed by atoms with E-state index in [9.17, 15) is 14.4 Å². The molecule has 0 unspecified atom stereocenters. The molecule has 0 atom stereocenters. The molecule has 1 heterocycles. The number of Topliss-reactive ketones (excluding diaryl/α,β-unsaturated/α-hetero) is 1. The monoisotopic (exact) mass is 388 g/mol. The van der Waals surface area contributed by atoms with Crippen LogP contribution in [0.3, 0.4) is 0 Å². The van der Waals surface area contributed by atoms with Crippen molar-refractivity contribution in [3.05, 3.63) is 56.8 Å². The Morgan fingerprint density at radius 1 is 1.11 bits per heavy atom. The zero-order valence-electron chi connectivity index (χ0n) is 15.9. The predicted molar refractivity (Wildman–Crippen MR) is 105 cm³/mol. The maximum atomic E-state index is 12.2. The minimum absolute atomic E-state index is 0.0617. The van der Waals surface area contributed by atoms with E-state index in [1.807, 2.05) is 33.8 Å². The molecule has 1 aromatic heterocycles. The fourth-order valence-corrected chi connectivity index (χ4v) is 3.40. The summed E-state index contributed by atoms with van der Waals surface area (Å²) in [5.41, 5.74) is 1.81. The van der Waals surface area contributed by atoms with Crippen LogP contribution in [0.25, 0.3) is 0 Å². The Balaban J connectivity index is 1.85. The Bertz CT molecular complexity index is 825. The highest BCUT2D eigenvalue weighted by atomic mass is 32.1. The summed E-state index contributed by atoms with van der Waals surface area (Å²) in [7, 11) is 0. The summed E-state index contributed by atoms with van der Waals surface area (Å²) in [5.74, 6) is -0.757. The summed E-state index contributed by atoms with van der Waals surface area (Å²) in [6.45, 7) is 7.64. The van der Waals surface area contributed by atoms with E-state index in [2.05, 4.69) is 10.6 Å². The van der Waals surface area contributed by atoms with Crippen molar-refractivity contribution in [3.63, 3.8) is 0 Å². The topological polar surface area (TPSA) is 84.5 Å². The van der Waals surface area contributed by atoms with Gasteiger partial charge < -0.3 is 15.4 Å². The molecule has 0 radical (unpaired) electrons. The number of hydrogen-bond donors (Lipinski definition) is 2. The van der Waals surface area contributed by atoms with Crippen molar-refractivity contribution in [1.82, 2.24) is 10.6 Å². The summed E-state index contributed by atoms with van der Waals surface area (Å²) in [6, 6.07) is 8.33. The lowest BCUT2D eigenvalue weighted by molar-refractivity contribution is 0.0474. The van der Waals surface area contributed by atoms with E-state index in [-0.39, 0.29) is 24.5 Å². The van der Waals surface area contributed by atoms with E-state index in [0.29, 0.717) is 17.7 Å². The Labute approximate surface area is 162 Å². The van der Waals surface area contributed by atoms with Gasteiger partial charge in [0, 0.05) is 27.9 Å². The van der Waals surface area contributed by atoms with Gasteiger partial charge in [-0.1, -0.05) is 12.1 Å². The quantitative estimate of drug-likeness (QED) is 0.560. The smallest absolute Gasteiger partial charge is 0.338 e. The number of carbonyl (C=O) groups excluding carboxylic acids is 3. The van der Waals surface area contributed by atoms with E-state index in [4.69, 9.17) is 4.74 Å². The lowest BCUT2D eigenvalue weighted by atomic mass is 10.1. The van der Waals surface area contributed by atoms with Crippen molar-refractivity contribution in [3.8, 4) is 0 Å². The molecule has 0 spiro atoms. The summed E-state index contributed by atoms with van der Waals surface area (Å²) in [4.78, 5) is 37.8. The van der Waals surface area contributed by atoms with Crippen LogP contribution in [0.2, 0.25) is 0 Å². The average molecular weight is 388 g/mol. The van der Waals surface area contributed by atoms with Crippen molar-refractivity contribution < 1.29 is 19.1 Å². The van der Waals surface area contributed by atoms with Crippen LogP contribution in [-0.2, 0) is 11.3 Å². The van der Waals surface area contributed by atoms with Gasteiger partial charge in [0.25, 0.3) is 0 Å². The molecule has 0 bridgehead atoms. The van der Waals surface area contributed by atoms with Crippen LogP contribution < -0.4 is 10.6 Å². The van der Waals surface area contributed by atoms with Gasteiger partial charge in [0.1, 0.15) is 0 Å². The first-order valence-electron chi connectivity index (χ1n) is 8.67. The molecule has 2 rings (SSSR count). The third kappa shape index (κ3) is 6.21. The van der Waals surface area contributed by atoms with Crippen LogP contribution in [0.5, 0.6) is 0 Å². The molecular formula is C20H24N2O4S. The van der Waals surface area contributed by atoms with E-state index in [1.54, 1.807) is 35.6 Å². The minimum Gasteiger partial charge on any atom is -0.454 e. The molecule has 2 N–H and O–H groups in total. The molecule has 27 heavy (non-hydrogen) atoms. The molecule has 0 fully saturated rings. The summed E-state index contributed by atoms with van der Waals surface area (Å²) >= 11 is 1.54. The molecule has 0 aliphatic carbocycles. The number of ether oxygens (including phenoxy) is 1. The first-order chi connectivity index (χ1) is 12.8. The zero-order chi connectivity index (χ0) is 20.0. The van der Waals surface area contributed by atoms with Crippen molar-refractivity contribution in [2.45, 2.75) is 40.3 Å². The van der Waals surface area contributed by atoms with Gasteiger partial charge in [0.05, 0.1) is 5.56 Å². The number of ketones is 1. The molecule has 2 amide bonds. The standard InChI is InChI=1S/C20H24N2O4S/c1-12(2)22-20(25)21-10-15-5-7-16(8-6-15)19(24)26-11-18(23)17-9-13(3)27-14(17)4/h5-9,12H,10-11H2,1-4H3,(H2,21,22,25). The zero-order valence-corrected chi connectivity index (χ0v) is 16.7. The van der Waals surface area contributed by atoms with Crippen molar-refractivity contribution >= 4 is 29.1 Å². The van der Waals surface area contributed by atoms with Crippen LogP contribution in [0.4, 0.5) is 4.79 Å². The van der Waals surface area contributed by atoms with Gasteiger partial charge in [-0.2, -0.15) is 0 Å². The van der Waals surface area contributed by atoms with E-state index >= 15 is 0 Å². The molecule has 1 aromatic carbocycles. The van der Waals surface area contributed by atoms with Crippen molar-refractivity contribution in [1.29, 1.82) is 0 Å². The van der Waals surface area contributed by atoms with Crippen molar-refractivity contribution in [2.24, 2.45) is 0 Å². The first-order valence-corrected chi connectivity index (χ1v) is 9.48. The third-order valence-electron chi connectivity index (χ3n) is 3.74. The molecule has 2 aromatic rings.